The summed E-state index contributed by atoms with van der Waals surface area (Å²) in [4.78, 5) is 12.7. The zero-order chi connectivity index (χ0) is 17.7. The van der Waals surface area contributed by atoms with E-state index >= 15 is 0 Å². The van der Waals surface area contributed by atoms with Crippen molar-refractivity contribution in [1.82, 2.24) is 0 Å². The van der Waals surface area contributed by atoms with Gasteiger partial charge in [0.2, 0.25) is 0 Å². The van der Waals surface area contributed by atoms with Crippen LogP contribution in [0.1, 0.15) is 28.9 Å². The first-order chi connectivity index (χ1) is 11.5. The lowest BCUT2D eigenvalue weighted by Gasteiger charge is -2.22. The molecule has 0 heterocycles. The van der Waals surface area contributed by atoms with Crippen LogP contribution in [0.4, 0.5) is 5.69 Å². The fourth-order valence-corrected chi connectivity index (χ4v) is 3.58. The molecule has 0 radical (unpaired) electrons. The Bertz CT molecular complexity index is 700. The van der Waals surface area contributed by atoms with Crippen LogP contribution in [-0.4, -0.2) is 24.3 Å². The third-order valence-corrected chi connectivity index (χ3v) is 5.27. The van der Waals surface area contributed by atoms with Gasteiger partial charge < -0.3 is 15.6 Å². The number of aliphatic hydroxyl groups excluding tert-OH is 1. The molecule has 0 spiro atoms. The zero-order valence-corrected chi connectivity index (χ0v) is 15.0. The van der Waals surface area contributed by atoms with Crippen molar-refractivity contribution in [2.45, 2.75) is 36.5 Å². The van der Waals surface area contributed by atoms with E-state index in [0.29, 0.717) is 5.69 Å². The number of benzene rings is 2. The van der Waals surface area contributed by atoms with Crippen molar-refractivity contribution >= 4 is 23.4 Å². The van der Waals surface area contributed by atoms with E-state index in [4.69, 9.17) is 10.5 Å². The van der Waals surface area contributed by atoms with Crippen LogP contribution < -0.4 is 5.73 Å². The number of thioether (sulfide) groups is 1. The molecule has 5 heteroatoms. The maximum Gasteiger partial charge on any atom is 0.336 e. The molecule has 4 nitrogen and oxygen atoms in total. The van der Waals surface area contributed by atoms with Gasteiger partial charge in [0.05, 0.1) is 12.4 Å². The lowest BCUT2D eigenvalue weighted by Crippen LogP contribution is -2.27. The first-order valence-corrected chi connectivity index (χ1v) is 8.71. The summed E-state index contributed by atoms with van der Waals surface area (Å²) in [6, 6.07) is 13.6. The highest BCUT2D eigenvalue weighted by molar-refractivity contribution is 7.99. The molecule has 0 saturated carbocycles. The molecule has 2 rings (SSSR count). The monoisotopic (exact) mass is 345 g/mol. The first-order valence-electron chi connectivity index (χ1n) is 7.83. The van der Waals surface area contributed by atoms with E-state index in [0.717, 1.165) is 28.0 Å². The van der Waals surface area contributed by atoms with Crippen molar-refractivity contribution < 1.29 is 14.6 Å². The van der Waals surface area contributed by atoms with Crippen molar-refractivity contribution in [2.75, 3.05) is 12.8 Å². The summed E-state index contributed by atoms with van der Waals surface area (Å²) in [5.41, 5.74) is 9.84. The lowest BCUT2D eigenvalue weighted by atomic mass is 10.1. The number of methoxy groups -OCH3 is 1. The highest BCUT2D eigenvalue weighted by Gasteiger charge is 2.30. The molecule has 0 aliphatic carbocycles. The van der Waals surface area contributed by atoms with Crippen molar-refractivity contribution in [3.63, 3.8) is 0 Å². The van der Waals surface area contributed by atoms with E-state index in [-0.39, 0.29) is 0 Å². The Kier molecular flexibility index (Phi) is 6.29. The minimum absolute atomic E-state index is 0.493. The predicted octanol–water partition coefficient (Wildman–Crippen LogP) is 3.51. The quantitative estimate of drug-likeness (QED) is 0.476. The Morgan fingerprint density at radius 3 is 2.50 bits per heavy atom. The van der Waals surface area contributed by atoms with Gasteiger partial charge in [-0.15, -0.1) is 11.8 Å². The minimum atomic E-state index is -1.27. The Hall–Kier alpha value is -1.98. The molecule has 24 heavy (non-hydrogen) atoms. The van der Waals surface area contributed by atoms with Crippen LogP contribution in [-0.2, 0) is 16.0 Å². The molecule has 3 N–H and O–H groups in total. The van der Waals surface area contributed by atoms with Gasteiger partial charge in [-0.2, -0.15) is 0 Å². The van der Waals surface area contributed by atoms with Crippen molar-refractivity contribution in [1.29, 1.82) is 0 Å². The van der Waals surface area contributed by atoms with Gasteiger partial charge in [-0.3, -0.25) is 0 Å². The van der Waals surface area contributed by atoms with E-state index < -0.39 is 17.3 Å². The van der Waals surface area contributed by atoms with Gasteiger partial charge in [0.25, 0.3) is 0 Å². The fraction of sp³-hybridized carbons (Fsp3) is 0.316. The van der Waals surface area contributed by atoms with Crippen LogP contribution >= 0.6 is 11.8 Å². The normalized spacial score (nSPS) is 13.3. The summed E-state index contributed by atoms with van der Waals surface area (Å²) in [6.45, 7) is 4.06. The van der Waals surface area contributed by atoms with Gasteiger partial charge in [-0.25, -0.2) is 4.79 Å². The van der Waals surface area contributed by atoms with E-state index in [2.05, 4.69) is 6.92 Å². The number of nitrogens with two attached hydrogens (primary N) is 1. The Balaban J connectivity index is 2.39. The summed E-state index contributed by atoms with van der Waals surface area (Å²) in [5.74, 6) is -0.654. The van der Waals surface area contributed by atoms with Gasteiger partial charge >= 0.3 is 5.97 Å². The maximum absolute atomic E-state index is 11.9. The van der Waals surface area contributed by atoms with E-state index in [9.17, 15) is 9.90 Å². The number of ether oxygens (including phenoxy) is 1. The van der Waals surface area contributed by atoms with Crippen LogP contribution in [0.25, 0.3) is 0 Å². The molecule has 0 aliphatic rings. The number of carbonyl (C=O) groups excluding carboxylic acids is 1. The van der Waals surface area contributed by atoms with Crippen LogP contribution in [0, 0.1) is 6.92 Å². The van der Waals surface area contributed by atoms with Crippen molar-refractivity contribution in [3.05, 3.63) is 59.2 Å². The number of esters is 1. The maximum atomic E-state index is 11.9. The van der Waals surface area contributed by atoms with Gasteiger partial charge in [-0.05, 0) is 36.6 Å². The average molecular weight is 345 g/mol. The molecule has 2 aromatic carbocycles. The molecule has 0 aromatic heterocycles. The number of aliphatic hydroxyl groups is 1. The predicted molar refractivity (Wildman–Crippen MR) is 98.0 cm³/mol. The topological polar surface area (TPSA) is 72.5 Å². The van der Waals surface area contributed by atoms with Crippen LogP contribution in [0.15, 0.2) is 47.4 Å². The highest BCUT2D eigenvalue weighted by Crippen LogP contribution is 2.41. The second-order valence-electron chi connectivity index (χ2n) is 5.64. The molecule has 0 bridgehead atoms. The number of carbonyl (C=O) groups is 1. The molecule has 0 fully saturated rings. The molecule has 0 amide bonds. The van der Waals surface area contributed by atoms with Crippen LogP contribution in [0.2, 0.25) is 0 Å². The second-order valence-corrected chi connectivity index (χ2v) is 6.83. The highest BCUT2D eigenvalue weighted by atomic mass is 32.2. The minimum Gasteiger partial charge on any atom is -0.467 e. The molecule has 2 aromatic rings. The first kappa shape index (κ1) is 18.4. The van der Waals surface area contributed by atoms with Crippen LogP contribution in [0.5, 0.6) is 0 Å². The standard InChI is InChI=1S/C19H23NO3S/c1-4-13-7-10-15(20)16(11-13)24-18(17(21)19(22)23-3)14-8-5-12(2)6-9-14/h5-11,17-18,21H,4,20H2,1-3H3/t17-,18+/m0/s1. The summed E-state index contributed by atoms with van der Waals surface area (Å²) in [6.07, 6.45) is -0.379. The van der Waals surface area contributed by atoms with E-state index in [1.807, 2.05) is 49.4 Å². The van der Waals surface area contributed by atoms with E-state index in [1.54, 1.807) is 0 Å². The summed E-state index contributed by atoms with van der Waals surface area (Å²) >= 11 is 1.38. The van der Waals surface area contributed by atoms with Crippen molar-refractivity contribution in [3.8, 4) is 0 Å². The zero-order valence-electron chi connectivity index (χ0n) is 14.2. The number of rotatable bonds is 6. The molecule has 0 unspecified atom stereocenters. The van der Waals surface area contributed by atoms with Gasteiger partial charge in [0, 0.05) is 10.6 Å². The molecule has 128 valence electrons. The number of aryl methyl sites for hydroxylation is 2. The molecule has 0 aliphatic heterocycles. The molecule has 0 saturated heterocycles. The largest absolute Gasteiger partial charge is 0.467 e. The molecule has 2 atom stereocenters. The summed E-state index contributed by atoms with van der Waals surface area (Å²) in [7, 11) is 1.27. The van der Waals surface area contributed by atoms with Gasteiger partial charge in [-0.1, -0.05) is 42.8 Å². The third kappa shape index (κ3) is 4.30. The average Bonchev–Trinajstić information content (AvgIpc) is 2.60. The van der Waals surface area contributed by atoms with Gasteiger partial charge in [0.1, 0.15) is 0 Å². The summed E-state index contributed by atoms with van der Waals surface area (Å²) in [5, 5.41) is 9.95. The number of hydrogen-bond donors (Lipinski definition) is 2. The van der Waals surface area contributed by atoms with Crippen molar-refractivity contribution in [2.24, 2.45) is 0 Å². The Morgan fingerprint density at radius 2 is 1.92 bits per heavy atom. The lowest BCUT2D eigenvalue weighted by molar-refractivity contribution is -0.150. The molecular formula is C19H23NO3S. The Morgan fingerprint density at radius 1 is 1.25 bits per heavy atom. The molecular weight excluding hydrogens is 322 g/mol. The third-order valence-electron chi connectivity index (χ3n) is 3.88. The van der Waals surface area contributed by atoms with E-state index in [1.165, 1.54) is 18.9 Å². The SMILES string of the molecule is CCc1ccc(N)c(S[C@H](c2ccc(C)cc2)[C@H](O)C(=O)OC)c1. The van der Waals surface area contributed by atoms with Gasteiger partial charge in [0.15, 0.2) is 6.10 Å². The van der Waals surface area contributed by atoms with Crippen LogP contribution in [0.3, 0.4) is 0 Å². The number of anilines is 1. The smallest absolute Gasteiger partial charge is 0.336 e. The number of hydrogen-bond acceptors (Lipinski definition) is 5. The number of nitrogen functional groups attached to an aromatic ring is 1. The summed E-state index contributed by atoms with van der Waals surface area (Å²) < 4.78 is 4.72. The Labute approximate surface area is 147 Å². The second kappa shape index (κ2) is 8.22. The fourth-order valence-electron chi connectivity index (χ4n) is 2.35.